The predicted octanol–water partition coefficient (Wildman–Crippen LogP) is 7.36. The zero-order valence-electron chi connectivity index (χ0n) is 15.3. The third-order valence-corrected chi connectivity index (χ3v) is 5.60. The standard InChI is InChI=1S/C27H17N/c1-2-9-19-17-24-20(16-18(19)8-1)10-7-13-21(24)27-22-11-3-5-14-25(22)28-26-15-6-4-12-23(26)27/h1-17H. The highest BCUT2D eigenvalue weighted by Crippen LogP contribution is 2.39. The first-order valence-corrected chi connectivity index (χ1v) is 9.58. The second kappa shape index (κ2) is 5.90. The fourth-order valence-electron chi connectivity index (χ4n) is 4.31. The maximum Gasteiger partial charge on any atom is 0.0715 e. The van der Waals surface area contributed by atoms with Crippen LogP contribution in [0.2, 0.25) is 0 Å². The molecule has 0 fully saturated rings. The van der Waals surface area contributed by atoms with Crippen molar-refractivity contribution in [2.24, 2.45) is 0 Å². The number of fused-ring (bicyclic) bond motifs is 4. The number of hydrogen-bond acceptors (Lipinski definition) is 1. The molecule has 0 bridgehead atoms. The highest BCUT2D eigenvalue weighted by Gasteiger charge is 2.13. The maximum atomic E-state index is 4.89. The molecule has 130 valence electrons. The van der Waals surface area contributed by atoms with Crippen molar-refractivity contribution in [1.29, 1.82) is 0 Å². The predicted molar refractivity (Wildman–Crippen MR) is 120 cm³/mol. The molecule has 1 aromatic heterocycles. The lowest BCUT2D eigenvalue weighted by Gasteiger charge is -2.14. The molecular weight excluding hydrogens is 338 g/mol. The minimum atomic E-state index is 1.04. The van der Waals surface area contributed by atoms with E-state index in [1.165, 1.54) is 43.4 Å². The van der Waals surface area contributed by atoms with E-state index in [0.717, 1.165) is 11.0 Å². The van der Waals surface area contributed by atoms with Crippen molar-refractivity contribution in [3.05, 3.63) is 103 Å². The van der Waals surface area contributed by atoms with Crippen molar-refractivity contribution in [3.63, 3.8) is 0 Å². The molecule has 1 heterocycles. The van der Waals surface area contributed by atoms with Crippen LogP contribution in [0.5, 0.6) is 0 Å². The van der Waals surface area contributed by atoms with Crippen LogP contribution in [0.25, 0.3) is 54.5 Å². The normalized spacial score (nSPS) is 11.6. The van der Waals surface area contributed by atoms with Gasteiger partial charge in [-0.3, -0.25) is 0 Å². The number of pyridine rings is 1. The van der Waals surface area contributed by atoms with Gasteiger partial charge in [0.15, 0.2) is 0 Å². The van der Waals surface area contributed by atoms with Gasteiger partial charge in [-0.15, -0.1) is 0 Å². The summed E-state index contributed by atoms with van der Waals surface area (Å²) >= 11 is 0. The van der Waals surface area contributed by atoms with E-state index in [0.29, 0.717) is 0 Å². The van der Waals surface area contributed by atoms with E-state index in [1.54, 1.807) is 0 Å². The quantitative estimate of drug-likeness (QED) is 0.281. The average Bonchev–Trinajstić information content (AvgIpc) is 2.76. The zero-order chi connectivity index (χ0) is 18.5. The minimum absolute atomic E-state index is 1.04. The van der Waals surface area contributed by atoms with E-state index in [4.69, 9.17) is 4.98 Å². The molecule has 0 aliphatic carbocycles. The number of para-hydroxylation sites is 2. The van der Waals surface area contributed by atoms with Gasteiger partial charge in [0.1, 0.15) is 0 Å². The lowest BCUT2D eigenvalue weighted by atomic mass is 9.91. The Bertz CT molecular complexity index is 1460. The molecule has 0 radical (unpaired) electrons. The molecule has 0 N–H and O–H groups in total. The number of nitrogens with zero attached hydrogens (tertiary/aromatic N) is 1. The summed E-state index contributed by atoms with van der Waals surface area (Å²) in [6.45, 7) is 0. The fourth-order valence-corrected chi connectivity index (χ4v) is 4.31. The highest BCUT2D eigenvalue weighted by atomic mass is 14.7. The molecule has 0 saturated heterocycles. The SMILES string of the molecule is c1ccc2cc3c(-c4c5ccccc5nc5ccccc45)cccc3cc2c1. The molecule has 6 rings (SSSR count). The molecular formula is C27H17N. The third-order valence-electron chi connectivity index (χ3n) is 5.60. The molecule has 1 nitrogen and oxygen atoms in total. The first-order valence-electron chi connectivity index (χ1n) is 9.58. The summed E-state index contributed by atoms with van der Waals surface area (Å²) in [6.07, 6.45) is 0. The summed E-state index contributed by atoms with van der Waals surface area (Å²) in [4.78, 5) is 4.89. The Labute approximate surface area is 162 Å². The van der Waals surface area contributed by atoms with Gasteiger partial charge >= 0.3 is 0 Å². The molecule has 0 amide bonds. The maximum absolute atomic E-state index is 4.89. The molecule has 0 atom stereocenters. The Balaban J connectivity index is 1.83. The van der Waals surface area contributed by atoms with E-state index in [1.807, 2.05) is 0 Å². The highest BCUT2D eigenvalue weighted by molar-refractivity contribution is 6.16. The van der Waals surface area contributed by atoms with Gasteiger partial charge in [-0.25, -0.2) is 4.98 Å². The van der Waals surface area contributed by atoms with Gasteiger partial charge in [0.2, 0.25) is 0 Å². The third kappa shape index (κ3) is 2.23. The Hall–Kier alpha value is -3.71. The van der Waals surface area contributed by atoms with Crippen molar-refractivity contribution in [2.45, 2.75) is 0 Å². The van der Waals surface area contributed by atoms with Crippen LogP contribution in [-0.2, 0) is 0 Å². The largest absolute Gasteiger partial charge is 0.248 e. The second-order valence-corrected chi connectivity index (χ2v) is 7.25. The van der Waals surface area contributed by atoms with Gasteiger partial charge in [0.05, 0.1) is 11.0 Å². The van der Waals surface area contributed by atoms with Crippen LogP contribution in [0, 0.1) is 0 Å². The Morgan fingerprint density at radius 1 is 0.429 bits per heavy atom. The van der Waals surface area contributed by atoms with Gasteiger partial charge in [0, 0.05) is 16.3 Å². The molecule has 5 aromatic carbocycles. The first-order chi connectivity index (χ1) is 13.9. The fraction of sp³-hybridized carbons (Fsp3) is 0. The van der Waals surface area contributed by atoms with Crippen LogP contribution < -0.4 is 0 Å². The van der Waals surface area contributed by atoms with Crippen LogP contribution >= 0.6 is 0 Å². The van der Waals surface area contributed by atoms with Gasteiger partial charge < -0.3 is 0 Å². The van der Waals surface area contributed by atoms with Crippen molar-refractivity contribution in [3.8, 4) is 11.1 Å². The van der Waals surface area contributed by atoms with Crippen molar-refractivity contribution >= 4 is 43.4 Å². The zero-order valence-corrected chi connectivity index (χ0v) is 15.3. The van der Waals surface area contributed by atoms with E-state index in [9.17, 15) is 0 Å². The molecule has 6 aromatic rings. The van der Waals surface area contributed by atoms with Gasteiger partial charge in [0.25, 0.3) is 0 Å². The monoisotopic (exact) mass is 355 g/mol. The van der Waals surface area contributed by atoms with Crippen LogP contribution in [0.3, 0.4) is 0 Å². The van der Waals surface area contributed by atoms with E-state index in [2.05, 4.69) is 103 Å². The molecule has 1 heteroatoms. The average molecular weight is 355 g/mol. The van der Waals surface area contributed by atoms with Crippen LogP contribution in [-0.4, -0.2) is 4.98 Å². The summed E-state index contributed by atoms with van der Waals surface area (Å²) in [6, 6.07) is 36.7. The van der Waals surface area contributed by atoms with Crippen molar-refractivity contribution in [2.75, 3.05) is 0 Å². The van der Waals surface area contributed by atoms with E-state index < -0.39 is 0 Å². The van der Waals surface area contributed by atoms with Crippen LogP contribution in [0.15, 0.2) is 103 Å². The van der Waals surface area contributed by atoms with E-state index in [-0.39, 0.29) is 0 Å². The topological polar surface area (TPSA) is 12.9 Å². The first kappa shape index (κ1) is 15.4. The second-order valence-electron chi connectivity index (χ2n) is 7.25. The Morgan fingerprint density at radius 2 is 1.00 bits per heavy atom. The van der Waals surface area contributed by atoms with Gasteiger partial charge in [-0.2, -0.15) is 0 Å². The lowest BCUT2D eigenvalue weighted by Crippen LogP contribution is -1.90. The summed E-state index contributed by atoms with van der Waals surface area (Å²) < 4.78 is 0. The van der Waals surface area contributed by atoms with Crippen molar-refractivity contribution in [1.82, 2.24) is 4.98 Å². The molecule has 0 saturated carbocycles. The number of hydrogen-bond donors (Lipinski definition) is 0. The number of rotatable bonds is 1. The molecule has 0 unspecified atom stereocenters. The van der Waals surface area contributed by atoms with Gasteiger partial charge in [-0.05, 0) is 51.4 Å². The molecule has 0 spiro atoms. The van der Waals surface area contributed by atoms with Gasteiger partial charge in [-0.1, -0.05) is 78.9 Å². The van der Waals surface area contributed by atoms with Crippen LogP contribution in [0.1, 0.15) is 0 Å². The lowest BCUT2D eigenvalue weighted by molar-refractivity contribution is 1.50. The Morgan fingerprint density at radius 3 is 1.71 bits per heavy atom. The number of aromatic nitrogens is 1. The number of benzene rings is 5. The van der Waals surface area contributed by atoms with Crippen molar-refractivity contribution < 1.29 is 0 Å². The Kier molecular flexibility index (Phi) is 3.24. The summed E-state index contributed by atoms with van der Waals surface area (Å²) in [5, 5.41) is 7.48. The summed E-state index contributed by atoms with van der Waals surface area (Å²) in [5.41, 5.74) is 4.60. The summed E-state index contributed by atoms with van der Waals surface area (Å²) in [7, 11) is 0. The minimum Gasteiger partial charge on any atom is -0.248 e. The smallest absolute Gasteiger partial charge is 0.0715 e. The molecule has 0 aliphatic rings. The molecule has 0 aliphatic heterocycles. The van der Waals surface area contributed by atoms with Crippen LogP contribution in [0.4, 0.5) is 0 Å². The molecule has 28 heavy (non-hydrogen) atoms. The van der Waals surface area contributed by atoms with E-state index >= 15 is 0 Å². The summed E-state index contributed by atoms with van der Waals surface area (Å²) in [5.74, 6) is 0.